The molecule has 0 aliphatic rings. The number of hydrogen-bond acceptors (Lipinski definition) is 3. The van der Waals surface area contributed by atoms with Gasteiger partial charge in [0, 0.05) is 0 Å². The van der Waals surface area contributed by atoms with E-state index in [9.17, 15) is 26.4 Å². The first-order valence-corrected chi connectivity index (χ1v) is 7.24. The van der Waals surface area contributed by atoms with Crippen molar-refractivity contribution in [3.05, 3.63) is 29.8 Å². The van der Waals surface area contributed by atoms with Crippen LogP contribution in [0.1, 0.15) is 31.2 Å². The Morgan fingerprint density at radius 2 is 1.85 bits per heavy atom. The number of carboxylic acids is 1. The van der Waals surface area contributed by atoms with E-state index in [-0.39, 0.29) is 12.0 Å². The summed E-state index contributed by atoms with van der Waals surface area (Å²) in [6, 6.07) is 4.33. The van der Waals surface area contributed by atoms with Crippen LogP contribution < -0.4 is 0 Å². The van der Waals surface area contributed by atoms with E-state index >= 15 is 0 Å². The molecule has 8 heteroatoms. The molecule has 1 N–H and O–H groups in total. The van der Waals surface area contributed by atoms with Crippen LogP contribution in [0, 0.1) is 0 Å². The zero-order chi connectivity index (χ0) is 15.6. The second-order valence-electron chi connectivity index (χ2n) is 4.17. The molecule has 1 atom stereocenters. The van der Waals surface area contributed by atoms with E-state index in [1.54, 1.807) is 6.92 Å². The summed E-state index contributed by atoms with van der Waals surface area (Å²) in [5.74, 6) is -2.63. The quantitative estimate of drug-likeness (QED) is 0.907. The fourth-order valence-corrected chi connectivity index (χ4v) is 2.87. The van der Waals surface area contributed by atoms with Crippen molar-refractivity contribution in [3.8, 4) is 0 Å². The summed E-state index contributed by atoms with van der Waals surface area (Å²) in [5, 5.41) is 9.07. The van der Waals surface area contributed by atoms with Gasteiger partial charge >= 0.3 is 11.5 Å². The Labute approximate surface area is 114 Å². The number of halogens is 3. The van der Waals surface area contributed by atoms with Crippen molar-refractivity contribution in [3.63, 3.8) is 0 Å². The highest BCUT2D eigenvalue weighted by atomic mass is 32.2. The van der Waals surface area contributed by atoms with Crippen molar-refractivity contribution < 1.29 is 31.5 Å². The van der Waals surface area contributed by atoms with Crippen molar-refractivity contribution >= 4 is 15.8 Å². The normalized spacial score (nSPS) is 14.0. The van der Waals surface area contributed by atoms with Crippen LogP contribution >= 0.6 is 0 Å². The van der Waals surface area contributed by atoms with Crippen molar-refractivity contribution in [2.75, 3.05) is 0 Å². The Kier molecular flexibility index (Phi) is 4.80. The highest BCUT2D eigenvalue weighted by Gasteiger charge is 2.48. The number of hydrogen-bond donors (Lipinski definition) is 1. The van der Waals surface area contributed by atoms with Crippen LogP contribution in [0.3, 0.4) is 0 Å². The molecule has 0 aromatic heterocycles. The van der Waals surface area contributed by atoms with Crippen molar-refractivity contribution in [2.24, 2.45) is 0 Å². The third kappa shape index (κ3) is 3.12. The van der Waals surface area contributed by atoms with Gasteiger partial charge < -0.3 is 5.11 Å². The average Bonchev–Trinajstić information content (AvgIpc) is 2.34. The summed E-state index contributed by atoms with van der Waals surface area (Å²) in [7, 11) is -5.57. The van der Waals surface area contributed by atoms with E-state index in [4.69, 9.17) is 5.11 Å². The van der Waals surface area contributed by atoms with Gasteiger partial charge in [0.05, 0.1) is 10.8 Å². The van der Waals surface area contributed by atoms with E-state index in [1.807, 2.05) is 0 Å². The van der Waals surface area contributed by atoms with Gasteiger partial charge in [0.1, 0.15) is 0 Å². The molecule has 0 aliphatic heterocycles. The Balaban J connectivity index is 3.49. The third-order valence-electron chi connectivity index (χ3n) is 2.76. The molecule has 112 valence electrons. The molecular weight excluding hydrogens is 297 g/mol. The lowest BCUT2D eigenvalue weighted by Crippen LogP contribution is -2.26. The van der Waals surface area contributed by atoms with Gasteiger partial charge in [0.25, 0.3) is 9.84 Å². The summed E-state index contributed by atoms with van der Waals surface area (Å²) in [4.78, 5) is 10.2. The molecular formula is C12H13F3O4S. The van der Waals surface area contributed by atoms with Gasteiger partial charge in [0.2, 0.25) is 0 Å². The van der Waals surface area contributed by atoms with Gasteiger partial charge in [-0.1, -0.05) is 31.5 Å². The molecule has 0 spiro atoms. The Morgan fingerprint density at radius 1 is 1.30 bits per heavy atom. The number of sulfone groups is 1. The minimum atomic E-state index is -5.57. The van der Waals surface area contributed by atoms with Gasteiger partial charge in [-0.2, -0.15) is 13.2 Å². The molecule has 0 saturated heterocycles. The lowest BCUT2D eigenvalue weighted by molar-refractivity contribution is -0.139. The highest BCUT2D eigenvalue weighted by Crippen LogP contribution is 2.36. The zero-order valence-corrected chi connectivity index (χ0v) is 11.3. The van der Waals surface area contributed by atoms with Gasteiger partial charge in [-0.25, -0.2) is 8.42 Å². The molecule has 4 nitrogen and oxygen atoms in total. The van der Waals surface area contributed by atoms with Crippen molar-refractivity contribution in [1.29, 1.82) is 0 Å². The summed E-state index contributed by atoms with van der Waals surface area (Å²) < 4.78 is 60.8. The minimum Gasteiger partial charge on any atom is -0.481 e. The number of alkyl halides is 3. The molecule has 0 saturated carbocycles. The van der Waals surface area contributed by atoms with Gasteiger partial charge in [-0.05, 0) is 18.1 Å². The first-order valence-electron chi connectivity index (χ1n) is 5.76. The van der Waals surface area contributed by atoms with Crippen LogP contribution in [0.5, 0.6) is 0 Å². The predicted octanol–water partition coefficient (Wildman–Crippen LogP) is 2.95. The Morgan fingerprint density at radius 3 is 2.30 bits per heavy atom. The van der Waals surface area contributed by atoms with Gasteiger partial charge in [0.15, 0.2) is 0 Å². The maximum atomic E-state index is 12.6. The molecule has 0 aliphatic carbocycles. The molecule has 1 aromatic carbocycles. The average molecular weight is 310 g/mol. The molecule has 0 bridgehead atoms. The van der Waals surface area contributed by atoms with Crippen LogP contribution in [0.25, 0.3) is 0 Å². The van der Waals surface area contributed by atoms with Crippen LogP contribution in [0.2, 0.25) is 0 Å². The number of carbonyl (C=O) groups is 1. The lowest BCUT2D eigenvalue weighted by Gasteiger charge is -2.17. The van der Waals surface area contributed by atoms with Crippen LogP contribution in [0.4, 0.5) is 13.2 Å². The number of aliphatic carboxylic acids is 1. The maximum Gasteiger partial charge on any atom is 0.501 e. The van der Waals surface area contributed by atoms with E-state index < -0.39 is 32.1 Å². The fourth-order valence-electron chi connectivity index (χ4n) is 1.84. The second-order valence-corrected chi connectivity index (χ2v) is 6.08. The molecule has 0 fully saturated rings. The van der Waals surface area contributed by atoms with Gasteiger partial charge in [-0.15, -0.1) is 0 Å². The van der Waals surface area contributed by atoms with E-state index in [0.29, 0.717) is 6.42 Å². The maximum absolute atomic E-state index is 12.6. The third-order valence-corrected chi connectivity index (χ3v) is 4.32. The topological polar surface area (TPSA) is 71.4 Å². The molecule has 1 unspecified atom stereocenters. The molecule has 20 heavy (non-hydrogen) atoms. The summed E-state index contributed by atoms with van der Waals surface area (Å²) >= 11 is 0. The van der Waals surface area contributed by atoms with E-state index in [2.05, 4.69) is 0 Å². The van der Waals surface area contributed by atoms with Gasteiger partial charge in [-0.3, -0.25) is 4.79 Å². The van der Waals surface area contributed by atoms with E-state index in [1.165, 1.54) is 6.07 Å². The summed E-state index contributed by atoms with van der Waals surface area (Å²) in [5.41, 5.74) is -5.79. The smallest absolute Gasteiger partial charge is 0.481 e. The monoisotopic (exact) mass is 310 g/mol. The number of carboxylic acid groups (broad SMARTS) is 1. The predicted molar refractivity (Wildman–Crippen MR) is 65.0 cm³/mol. The zero-order valence-electron chi connectivity index (χ0n) is 10.5. The summed E-state index contributed by atoms with van der Waals surface area (Å²) in [6.45, 7) is 1.66. The number of benzene rings is 1. The molecule has 1 aromatic rings. The first kappa shape index (κ1) is 16.5. The SMILES string of the molecule is CCCC(C(=O)O)c1ccccc1S(=O)(=O)C(F)(F)F. The highest BCUT2D eigenvalue weighted by molar-refractivity contribution is 7.92. The fraction of sp³-hybridized carbons (Fsp3) is 0.417. The van der Waals surface area contributed by atoms with Crippen molar-refractivity contribution in [2.45, 2.75) is 36.1 Å². The molecule has 0 radical (unpaired) electrons. The van der Waals surface area contributed by atoms with Crippen molar-refractivity contribution in [1.82, 2.24) is 0 Å². The van der Waals surface area contributed by atoms with Crippen LogP contribution in [-0.4, -0.2) is 25.0 Å². The molecule has 0 heterocycles. The first-order chi connectivity index (χ1) is 9.13. The largest absolute Gasteiger partial charge is 0.501 e. The van der Waals surface area contributed by atoms with E-state index in [0.717, 1.165) is 18.2 Å². The summed E-state index contributed by atoms with van der Waals surface area (Å²) in [6.07, 6.45) is 0.455. The standard InChI is InChI=1S/C12H13F3O4S/c1-2-5-9(11(16)17)8-6-3-4-7-10(8)20(18,19)12(13,14)15/h3-4,6-7,9H,2,5H2,1H3,(H,16,17). The molecule has 0 amide bonds. The Hall–Kier alpha value is -1.57. The Bertz CT molecular complexity index is 593. The van der Waals surface area contributed by atoms with Crippen LogP contribution in [-0.2, 0) is 14.6 Å². The minimum absolute atomic E-state index is 0.0553. The van der Waals surface area contributed by atoms with Crippen LogP contribution in [0.15, 0.2) is 29.2 Å². The second kappa shape index (κ2) is 5.82. The molecule has 1 rings (SSSR count). The lowest BCUT2D eigenvalue weighted by atomic mass is 9.95. The number of rotatable bonds is 5.